The number of amides is 2. The van der Waals surface area contributed by atoms with Gasteiger partial charge in [0, 0.05) is 12.6 Å². The van der Waals surface area contributed by atoms with Crippen molar-refractivity contribution in [2.45, 2.75) is 77.9 Å². The van der Waals surface area contributed by atoms with Crippen molar-refractivity contribution >= 4 is 11.8 Å². The predicted molar refractivity (Wildman–Crippen MR) is 128 cm³/mol. The van der Waals surface area contributed by atoms with Crippen LogP contribution in [0.3, 0.4) is 0 Å². The van der Waals surface area contributed by atoms with Crippen LogP contribution in [0.15, 0.2) is 42.5 Å². The first-order chi connectivity index (χ1) is 15.4. The summed E-state index contributed by atoms with van der Waals surface area (Å²) >= 11 is 0. The van der Waals surface area contributed by atoms with Crippen LogP contribution in [0, 0.1) is 13.8 Å². The largest absolute Gasteiger partial charge is 0.497 e. The number of carbonyl (C=O) groups excluding carboxylic acids is 2. The maximum absolute atomic E-state index is 13.6. The molecular formula is C27H36N2O3. The Morgan fingerprint density at radius 1 is 1.09 bits per heavy atom. The molecule has 172 valence electrons. The average molecular weight is 437 g/mol. The highest BCUT2D eigenvalue weighted by atomic mass is 16.5. The number of methoxy groups -OCH3 is 1. The quantitative estimate of drug-likeness (QED) is 0.619. The number of benzene rings is 2. The van der Waals surface area contributed by atoms with Gasteiger partial charge in [-0.3, -0.25) is 9.59 Å². The van der Waals surface area contributed by atoms with Crippen molar-refractivity contribution < 1.29 is 14.3 Å². The molecule has 1 unspecified atom stereocenters. The maximum Gasteiger partial charge on any atom is 0.243 e. The van der Waals surface area contributed by atoms with Crippen molar-refractivity contribution in [3.05, 3.63) is 64.7 Å². The summed E-state index contributed by atoms with van der Waals surface area (Å²) in [7, 11) is 1.63. The Kier molecular flexibility index (Phi) is 8.32. The van der Waals surface area contributed by atoms with E-state index in [1.165, 1.54) is 0 Å². The first-order valence-electron chi connectivity index (χ1n) is 11.7. The lowest BCUT2D eigenvalue weighted by molar-refractivity contribution is -0.141. The maximum atomic E-state index is 13.6. The minimum absolute atomic E-state index is 0.0251. The zero-order valence-electron chi connectivity index (χ0n) is 19.8. The lowest BCUT2D eigenvalue weighted by Gasteiger charge is -2.32. The van der Waals surface area contributed by atoms with Crippen LogP contribution in [0.2, 0.25) is 0 Å². The molecule has 0 heterocycles. The van der Waals surface area contributed by atoms with Gasteiger partial charge in [0.25, 0.3) is 0 Å². The van der Waals surface area contributed by atoms with Gasteiger partial charge in [0.2, 0.25) is 11.8 Å². The highest BCUT2D eigenvalue weighted by Gasteiger charge is 2.30. The fourth-order valence-electron chi connectivity index (χ4n) is 4.47. The number of carbonyl (C=O) groups is 2. The minimum Gasteiger partial charge on any atom is -0.497 e. The minimum atomic E-state index is -0.490. The van der Waals surface area contributed by atoms with Gasteiger partial charge in [-0.15, -0.1) is 0 Å². The Hall–Kier alpha value is -2.82. The zero-order chi connectivity index (χ0) is 23.1. The Morgan fingerprint density at radius 3 is 2.41 bits per heavy atom. The Labute approximate surface area is 192 Å². The summed E-state index contributed by atoms with van der Waals surface area (Å²) in [4.78, 5) is 28.5. The van der Waals surface area contributed by atoms with Gasteiger partial charge in [-0.05, 0) is 61.9 Å². The summed E-state index contributed by atoms with van der Waals surface area (Å²) < 4.78 is 5.26. The van der Waals surface area contributed by atoms with Gasteiger partial charge in [-0.2, -0.15) is 0 Å². The molecule has 2 aromatic rings. The molecule has 0 spiro atoms. The molecule has 32 heavy (non-hydrogen) atoms. The summed E-state index contributed by atoms with van der Waals surface area (Å²) in [5, 5.41) is 3.20. The molecule has 0 saturated heterocycles. The van der Waals surface area contributed by atoms with Crippen molar-refractivity contribution in [2.75, 3.05) is 7.11 Å². The molecule has 1 atom stereocenters. The van der Waals surface area contributed by atoms with Crippen LogP contribution in [0.1, 0.15) is 61.3 Å². The molecule has 2 amide bonds. The van der Waals surface area contributed by atoms with E-state index in [2.05, 4.69) is 23.5 Å². The molecule has 5 heteroatoms. The van der Waals surface area contributed by atoms with Crippen molar-refractivity contribution in [2.24, 2.45) is 0 Å². The van der Waals surface area contributed by atoms with Gasteiger partial charge in [0.05, 0.1) is 13.5 Å². The molecule has 2 aromatic carbocycles. The van der Waals surface area contributed by atoms with Gasteiger partial charge in [0.15, 0.2) is 0 Å². The molecule has 5 nitrogen and oxygen atoms in total. The van der Waals surface area contributed by atoms with E-state index in [9.17, 15) is 9.59 Å². The molecule has 1 aliphatic rings. The topological polar surface area (TPSA) is 58.6 Å². The van der Waals surface area contributed by atoms with Crippen molar-refractivity contribution in [1.82, 2.24) is 10.2 Å². The summed E-state index contributed by atoms with van der Waals surface area (Å²) in [5.74, 6) is 0.707. The first kappa shape index (κ1) is 23.8. The van der Waals surface area contributed by atoms with Gasteiger partial charge < -0.3 is 15.0 Å². The number of nitrogens with zero attached hydrogens (tertiary/aromatic N) is 1. The molecule has 0 bridgehead atoms. The second-order valence-corrected chi connectivity index (χ2v) is 8.89. The van der Waals surface area contributed by atoms with E-state index in [-0.39, 0.29) is 24.3 Å². The molecule has 1 N–H and O–H groups in total. The third kappa shape index (κ3) is 6.12. The monoisotopic (exact) mass is 436 g/mol. The number of hydrogen-bond acceptors (Lipinski definition) is 3. The summed E-state index contributed by atoms with van der Waals surface area (Å²) in [6.45, 7) is 6.43. The highest BCUT2D eigenvalue weighted by molar-refractivity contribution is 5.88. The Balaban J connectivity index is 1.84. The third-order valence-electron chi connectivity index (χ3n) is 6.45. The third-order valence-corrected chi connectivity index (χ3v) is 6.45. The number of nitrogens with one attached hydrogen (secondary N) is 1. The fraction of sp³-hybridized carbons (Fsp3) is 0.481. The van der Waals surface area contributed by atoms with Gasteiger partial charge in [-0.25, -0.2) is 0 Å². The zero-order valence-corrected chi connectivity index (χ0v) is 19.8. The van der Waals surface area contributed by atoms with E-state index in [1.54, 1.807) is 12.0 Å². The van der Waals surface area contributed by atoms with Crippen molar-refractivity contribution in [3.63, 3.8) is 0 Å². The van der Waals surface area contributed by atoms with Crippen LogP contribution in [0.5, 0.6) is 5.75 Å². The van der Waals surface area contributed by atoms with Crippen LogP contribution < -0.4 is 10.1 Å². The number of ether oxygens (including phenoxy) is 1. The van der Waals surface area contributed by atoms with E-state index in [4.69, 9.17) is 4.74 Å². The van der Waals surface area contributed by atoms with Crippen LogP contribution in [-0.2, 0) is 22.6 Å². The molecule has 1 saturated carbocycles. The predicted octanol–water partition coefficient (Wildman–Crippen LogP) is 4.72. The van der Waals surface area contributed by atoms with Crippen molar-refractivity contribution in [3.8, 4) is 5.75 Å². The number of aryl methyl sites for hydroxylation is 2. The molecule has 1 fully saturated rings. The van der Waals surface area contributed by atoms with Crippen molar-refractivity contribution in [1.29, 1.82) is 0 Å². The molecule has 0 aliphatic heterocycles. The summed E-state index contributed by atoms with van der Waals surface area (Å²) in [5.41, 5.74) is 4.22. The normalized spacial score (nSPS) is 14.8. The second-order valence-electron chi connectivity index (χ2n) is 8.89. The van der Waals surface area contributed by atoms with E-state index < -0.39 is 6.04 Å². The van der Waals surface area contributed by atoms with E-state index >= 15 is 0 Å². The lowest BCUT2D eigenvalue weighted by atomic mass is 10.0. The average Bonchev–Trinajstić information content (AvgIpc) is 3.29. The fourth-order valence-corrected chi connectivity index (χ4v) is 4.47. The highest BCUT2D eigenvalue weighted by Crippen LogP contribution is 2.21. The van der Waals surface area contributed by atoms with Gasteiger partial charge >= 0.3 is 0 Å². The van der Waals surface area contributed by atoms with Crippen LogP contribution in [0.4, 0.5) is 0 Å². The SMILES string of the molecule is CCC(C(=O)NC1CCCC1)N(Cc1ccc(OC)cc1)C(=O)Cc1cc(C)ccc1C. The number of hydrogen-bond donors (Lipinski definition) is 1. The molecule has 3 rings (SSSR count). The number of rotatable bonds is 9. The van der Waals surface area contributed by atoms with Gasteiger partial charge in [-0.1, -0.05) is 55.7 Å². The van der Waals surface area contributed by atoms with Crippen LogP contribution >= 0.6 is 0 Å². The van der Waals surface area contributed by atoms with Crippen LogP contribution in [0.25, 0.3) is 0 Å². The first-order valence-corrected chi connectivity index (χ1v) is 11.7. The molecule has 0 radical (unpaired) electrons. The molecular weight excluding hydrogens is 400 g/mol. The Morgan fingerprint density at radius 2 is 1.78 bits per heavy atom. The Bertz CT molecular complexity index is 917. The molecule has 1 aliphatic carbocycles. The lowest BCUT2D eigenvalue weighted by Crippen LogP contribution is -2.51. The smallest absolute Gasteiger partial charge is 0.243 e. The van der Waals surface area contributed by atoms with E-state index in [1.807, 2.05) is 45.0 Å². The second kappa shape index (κ2) is 11.2. The van der Waals surface area contributed by atoms with Gasteiger partial charge in [0.1, 0.15) is 11.8 Å². The summed E-state index contributed by atoms with van der Waals surface area (Å²) in [6.07, 6.45) is 5.23. The summed E-state index contributed by atoms with van der Waals surface area (Å²) in [6, 6.07) is 13.6. The molecule has 0 aromatic heterocycles. The van der Waals surface area contributed by atoms with Crippen LogP contribution in [-0.4, -0.2) is 35.9 Å². The standard InChI is InChI=1S/C27H36N2O3/c1-5-25(27(31)28-23-8-6-7-9-23)29(18-21-12-14-24(32-4)15-13-21)26(30)17-22-16-19(2)10-11-20(22)3/h10-16,23,25H,5-9,17-18H2,1-4H3,(H,28,31). The van der Waals surface area contributed by atoms with E-state index in [0.717, 1.165) is 53.7 Å². The van der Waals surface area contributed by atoms with E-state index in [0.29, 0.717) is 13.0 Å².